The molecule has 0 aromatic heterocycles. The zero-order chi connectivity index (χ0) is 27.7. The van der Waals surface area contributed by atoms with Gasteiger partial charge in [-0.05, 0) is 44.4 Å². The van der Waals surface area contributed by atoms with Crippen LogP contribution in [-0.2, 0) is 20.7 Å². The lowest BCUT2D eigenvalue weighted by molar-refractivity contribution is -0.145. The van der Waals surface area contributed by atoms with Gasteiger partial charge in [-0.2, -0.15) is 0 Å². The number of nitrogens with zero attached hydrogens (tertiary/aromatic N) is 2. The van der Waals surface area contributed by atoms with E-state index in [-0.39, 0.29) is 43.7 Å². The fourth-order valence-electron chi connectivity index (χ4n) is 4.88. The fraction of sp³-hybridized carbons (Fsp3) is 0.630. The van der Waals surface area contributed by atoms with Gasteiger partial charge >= 0.3 is 18.0 Å². The van der Waals surface area contributed by atoms with E-state index >= 15 is 0 Å². The number of urea groups is 2. The van der Waals surface area contributed by atoms with Crippen LogP contribution in [-0.4, -0.2) is 91.8 Å². The van der Waals surface area contributed by atoms with Crippen molar-refractivity contribution in [1.29, 1.82) is 0 Å². The Kier molecular flexibility index (Phi) is 10.6. The molecule has 2 aliphatic rings. The average molecular weight is 532 g/mol. The topological polar surface area (TPSA) is 129 Å². The summed E-state index contributed by atoms with van der Waals surface area (Å²) in [6.07, 6.45) is 5.29. The number of esters is 1. The minimum atomic E-state index is -0.969. The van der Waals surface area contributed by atoms with E-state index in [0.717, 1.165) is 37.7 Å². The van der Waals surface area contributed by atoms with E-state index in [4.69, 9.17) is 9.47 Å². The Labute approximate surface area is 224 Å². The minimum Gasteiger partial charge on any atom is -0.497 e. The Morgan fingerprint density at radius 2 is 1.63 bits per heavy atom. The Morgan fingerprint density at radius 1 is 0.947 bits per heavy atom. The third-order valence-corrected chi connectivity index (χ3v) is 6.98. The Bertz CT molecular complexity index is 963. The van der Waals surface area contributed by atoms with Gasteiger partial charge in [0.2, 0.25) is 5.91 Å². The van der Waals surface area contributed by atoms with Gasteiger partial charge in [0.15, 0.2) is 0 Å². The van der Waals surface area contributed by atoms with Crippen molar-refractivity contribution >= 4 is 23.9 Å². The van der Waals surface area contributed by atoms with Gasteiger partial charge in [0.25, 0.3) is 0 Å². The monoisotopic (exact) mass is 531 g/mol. The summed E-state index contributed by atoms with van der Waals surface area (Å²) >= 11 is 0. The molecular formula is C27H41N5O6. The number of nitrogens with one attached hydrogen (secondary N) is 3. The second-order valence-corrected chi connectivity index (χ2v) is 10.2. The van der Waals surface area contributed by atoms with E-state index < -0.39 is 24.0 Å². The molecule has 11 nitrogen and oxygen atoms in total. The highest BCUT2D eigenvalue weighted by atomic mass is 16.5. The van der Waals surface area contributed by atoms with Crippen LogP contribution in [0.4, 0.5) is 9.59 Å². The van der Waals surface area contributed by atoms with Crippen LogP contribution in [0.1, 0.15) is 51.5 Å². The van der Waals surface area contributed by atoms with Gasteiger partial charge in [-0.25, -0.2) is 14.4 Å². The van der Waals surface area contributed by atoms with Crippen LogP contribution < -0.4 is 20.7 Å². The van der Waals surface area contributed by atoms with Crippen molar-refractivity contribution in [3.8, 4) is 5.75 Å². The Balaban J connectivity index is 1.77. The number of carbonyl (C=O) groups excluding carboxylic acids is 4. The molecule has 210 valence electrons. The van der Waals surface area contributed by atoms with Crippen molar-refractivity contribution in [2.45, 2.75) is 76.5 Å². The molecule has 0 unspecified atom stereocenters. The molecule has 3 rings (SSSR count). The molecule has 0 radical (unpaired) electrons. The van der Waals surface area contributed by atoms with Crippen LogP contribution in [0, 0.1) is 0 Å². The largest absolute Gasteiger partial charge is 0.497 e. The van der Waals surface area contributed by atoms with Crippen molar-refractivity contribution in [3.05, 3.63) is 29.8 Å². The van der Waals surface area contributed by atoms with Crippen LogP contribution >= 0.6 is 0 Å². The second kappa shape index (κ2) is 13.9. The molecule has 1 aromatic carbocycles. The quantitative estimate of drug-likeness (QED) is 0.441. The van der Waals surface area contributed by atoms with E-state index in [2.05, 4.69) is 16.0 Å². The number of methoxy groups -OCH3 is 2. The summed E-state index contributed by atoms with van der Waals surface area (Å²) in [7, 11) is 2.83. The third kappa shape index (κ3) is 8.00. The van der Waals surface area contributed by atoms with Gasteiger partial charge in [0.05, 0.1) is 20.8 Å². The highest BCUT2D eigenvalue weighted by molar-refractivity contribution is 5.91. The molecule has 1 aromatic rings. The zero-order valence-corrected chi connectivity index (χ0v) is 22.8. The maximum atomic E-state index is 13.6. The highest BCUT2D eigenvalue weighted by Gasteiger charge is 2.39. The van der Waals surface area contributed by atoms with Gasteiger partial charge in [0.1, 0.15) is 17.8 Å². The molecule has 2 atom stereocenters. The van der Waals surface area contributed by atoms with Gasteiger partial charge in [0, 0.05) is 31.6 Å². The summed E-state index contributed by atoms with van der Waals surface area (Å²) in [6.45, 7) is 4.22. The summed E-state index contributed by atoms with van der Waals surface area (Å²) in [5.74, 6) is -0.443. The van der Waals surface area contributed by atoms with Gasteiger partial charge in [-0.15, -0.1) is 0 Å². The van der Waals surface area contributed by atoms with E-state index in [0.29, 0.717) is 12.3 Å². The molecule has 0 bridgehead atoms. The molecular weight excluding hydrogens is 490 g/mol. The van der Waals surface area contributed by atoms with E-state index in [1.54, 1.807) is 19.2 Å². The van der Waals surface area contributed by atoms with Crippen molar-refractivity contribution < 1.29 is 28.7 Å². The number of benzene rings is 1. The first-order valence-electron chi connectivity index (χ1n) is 13.4. The van der Waals surface area contributed by atoms with Crippen molar-refractivity contribution in [2.75, 3.05) is 33.9 Å². The first kappa shape index (κ1) is 29.1. The first-order valence-corrected chi connectivity index (χ1v) is 13.4. The lowest BCUT2D eigenvalue weighted by atomic mass is 9.95. The fourth-order valence-corrected chi connectivity index (χ4v) is 4.88. The molecule has 0 spiro atoms. The van der Waals surface area contributed by atoms with Crippen LogP contribution in [0.5, 0.6) is 5.75 Å². The predicted molar refractivity (Wildman–Crippen MR) is 142 cm³/mol. The molecule has 5 amide bonds. The summed E-state index contributed by atoms with van der Waals surface area (Å²) in [4.78, 5) is 55.2. The maximum Gasteiger partial charge on any atom is 0.328 e. The zero-order valence-electron chi connectivity index (χ0n) is 22.8. The van der Waals surface area contributed by atoms with Crippen LogP contribution in [0.3, 0.4) is 0 Å². The maximum absolute atomic E-state index is 13.6. The van der Waals surface area contributed by atoms with E-state index in [1.807, 2.05) is 26.0 Å². The normalized spacial score (nSPS) is 18.9. The summed E-state index contributed by atoms with van der Waals surface area (Å²) < 4.78 is 10.1. The number of ether oxygens (including phenoxy) is 2. The van der Waals surface area contributed by atoms with Crippen LogP contribution in [0.2, 0.25) is 0 Å². The second-order valence-electron chi connectivity index (χ2n) is 10.2. The van der Waals surface area contributed by atoms with Gasteiger partial charge in [-0.1, -0.05) is 31.4 Å². The summed E-state index contributed by atoms with van der Waals surface area (Å²) in [5.41, 5.74) is 0.801. The molecule has 1 saturated carbocycles. The number of piperazine rings is 1. The SMILES string of the molecule is COC(=O)[C@H](Cc1ccc(OC)cc1)NC(=O)[C@@H]1CN(C(=O)NC(C)C)CCN1C(=O)NC1CCCCC1. The molecule has 1 heterocycles. The number of amides is 5. The summed E-state index contributed by atoms with van der Waals surface area (Å²) in [6, 6.07) is 4.60. The number of hydrogen-bond acceptors (Lipinski definition) is 6. The number of hydrogen-bond donors (Lipinski definition) is 3. The van der Waals surface area contributed by atoms with E-state index in [1.165, 1.54) is 16.9 Å². The molecule has 3 N–H and O–H groups in total. The number of carbonyl (C=O) groups is 4. The van der Waals surface area contributed by atoms with Crippen molar-refractivity contribution in [3.63, 3.8) is 0 Å². The average Bonchev–Trinajstić information content (AvgIpc) is 2.92. The third-order valence-electron chi connectivity index (χ3n) is 6.98. The molecule has 11 heteroatoms. The van der Waals surface area contributed by atoms with Gasteiger partial charge < -0.3 is 35.2 Å². The Morgan fingerprint density at radius 3 is 2.24 bits per heavy atom. The molecule has 2 fully saturated rings. The predicted octanol–water partition coefficient (Wildman–Crippen LogP) is 2.04. The number of rotatable bonds is 8. The minimum absolute atomic E-state index is 0.0128. The molecule has 1 aliphatic carbocycles. The smallest absolute Gasteiger partial charge is 0.328 e. The van der Waals surface area contributed by atoms with Crippen molar-refractivity contribution in [2.24, 2.45) is 0 Å². The molecule has 38 heavy (non-hydrogen) atoms. The van der Waals surface area contributed by atoms with Crippen LogP contribution in [0.25, 0.3) is 0 Å². The summed E-state index contributed by atoms with van der Waals surface area (Å²) in [5, 5.41) is 8.69. The van der Waals surface area contributed by atoms with Crippen molar-refractivity contribution in [1.82, 2.24) is 25.8 Å². The lowest BCUT2D eigenvalue weighted by Gasteiger charge is -2.41. The molecule has 1 saturated heterocycles. The lowest BCUT2D eigenvalue weighted by Crippen LogP contribution is -2.66. The van der Waals surface area contributed by atoms with Crippen LogP contribution in [0.15, 0.2) is 24.3 Å². The highest BCUT2D eigenvalue weighted by Crippen LogP contribution is 2.19. The molecule has 1 aliphatic heterocycles. The first-order chi connectivity index (χ1) is 18.2. The standard InChI is InChI=1S/C27H41N5O6/c1-18(2)28-26(35)31-14-15-32(27(36)29-20-8-6-5-7-9-20)23(17-31)24(33)30-22(25(34)38-4)16-19-10-12-21(37-3)13-11-19/h10-13,18,20,22-23H,5-9,14-17H2,1-4H3,(H,28,35)(H,29,36)(H,30,33)/t22-,23-/m0/s1. The van der Waals surface area contributed by atoms with E-state index in [9.17, 15) is 19.2 Å². The Hall–Kier alpha value is -3.50. The van der Waals surface area contributed by atoms with Gasteiger partial charge in [-0.3, -0.25) is 4.79 Å².